The number of ether oxygens (including phenoxy) is 5. The summed E-state index contributed by atoms with van der Waals surface area (Å²) in [7, 11) is 1.39. The lowest BCUT2D eigenvalue weighted by atomic mass is 9.86. The van der Waals surface area contributed by atoms with Crippen LogP contribution < -0.4 is 0 Å². The molecule has 4 aliphatic rings. The van der Waals surface area contributed by atoms with Crippen molar-refractivity contribution in [3.05, 3.63) is 12.2 Å². The van der Waals surface area contributed by atoms with Crippen LogP contribution in [-0.4, -0.2) is 72.1 Å². The Morgan fingerprint density at radius 3 is 2.77 bits per heavy atom. The van der Waals surface area contributed by atoms with E-state index in [4.69, 9.17) is 35.3 Å². The summed E-state index contributed by atoms with van der Waals surface area (Å²) >= 11 is 6.48. The molecule has 0 aromatic heterocycles. The third-order valence-corrected chi connectivity index (χ3v) is 7.06. The second-order valence-electron chi connectivity index (χ2n) is 9.25. The number of aliphatic hydroxyl groups is 1. The van der Waals surface area contributed by atoms with Gasteiger partial charge in [-0.15, -0.1) is 18.2 Å². The Kier molecular flexibility index (Phi) is 6.78. The summed E-state index contributed by atoms with van der Waals surface area (Å²) in [5, 5.41) is 10.6. The zero-order chi connectivity index (χ0) is 21.5. The zero-order valence-corrected chi connectivity index (χ0v) is 18.5. The highest BCUT2D eigenvalue weighted by atomic mass is 35.5. The first-order valence-corrected chi connectivity index (χ1v) is 11.4. The van der Waals surface area contributed by atoms with Gasteiger partial charge in [-0.1, -0.05) is 5.57 Å². The molecule has 4 rings (SSSR count). The monoisotopic (exact) mass is 444 g/mol. The van der Waals surface area contributed by atoms with Crippen molar-refractivity contribution in [2.75, 3.05) is 7.11 Å². The fourth-order valence-corrected chi connectivity index (χ4v) is 5.69. The minimum Gasteiger partial charge on any atom is -0.469 e. The van der Waals surface area contributed by atoms with Gasteiger partial charge in [0.1, 0.15) is 12.2 Å². The van der Waals surface area contributed by atoms with Crippen LogP contribution in [0, 0.1) is 0 Å². The minimum atomic E-state index is -0.886. The molecule has 0 aromatic rings. The predicted octanol–water partition coefficient (Wildman–Crippen LogP) is 2.85. The van der Waals surface area contributed by atoms with Crippen LogP contribution in [0.15, 0.2) is 12.2 Å². The van der Waals surface area contributed by atoms with Crippen molar-refractivity contribution in [2.24, 2.45) is 0 Å². The van der Waals surface area contributed by atoms with Crippen LogP contribution in [0.2, 0.25) is 0 Å². The maximum Gasteiger partial charge on any atom is 0.308 e. The Hall–Kier alpha value is -0.700. The molecule has 170 valence electrons. The Morgan fingerprint density at radius 1 is 1.23 bits per heavy atom. The number of methoxy groups -OCH3 is 1. The second kappa shape index (κ2) is 9.04. The fraction of sp³-hybridized carbons (Fsp3) is 0.864. The van der Waals surface area contributed by atoms with E-state index in [1.54, 1.807) is 0 Å². The van der Waals surface area contributed by atoms with Gasteiger partial charge in [-0.25, -0.2) is 0 Å². The highest BCUT2D eigenvalue weighted by molar-refractivity contribution is 6.20. The summed E-state index contributed by atoms with van der Waals surface area (Å²) in [6.45, 7) is 5.90. The number of allylic oxidation sites excluding steroid dienone is 1. The van der Waals surface area contributed by atoms with Gasteiger partial charge >= 0.3 is 5.97 Å². The quantitative estimate of drug-likeness (QED) is 0.367. The predicted molar refractivity (Wildman–Crippen MR) is 109 cm³/mol. The highest BCUT2D eigenvalue weighted by Crippen LogP contribution is 2.48. The third kappa shape index (κ3) is 4.71. The van der Waals surface area contributed by atoms with Crippen LogP contribution >= 0.6 is 11.6 Å². The summed E-state index contributed by atoms with van der Waals surface area (Å²) < 4.78 is 30.2. The molecule has 0 radical (unpaired) electrons. The van der Waals surface area contributed by atoms with Gasteiger partial charge in [0.25, 0.3) is 0 Å². The number of fused-ring (bicyclic) bond motifs is 7. The van der Waals surface area contributed by atoms with E-state index in [9.17, 15) is 9.90 Å². The number of carbonyl (C=O) groups is 1. The molecule has 0 aliphatic carbocycles. The smallest absolute Gasteiger partial charge is 0.308 e. The number of aliphatic hydroxyl groups excluding tert-OH is 1. The van der Waals surface area contributed by atoms with Gasteiger partial charge in [-0.3, -0.25) is 4.79 Å². The van der Waals surface area contributed by atoms with E-state index in [0.717, 1.165) is 24.8 Å². The number of hydrogen-bond acceptors (Lipinski definition) is 7. The van der Waals surface area contributed by atoms with Crippen molar-refractivity contribution in [1.82, 2.24) is 0 Å². The SMILES string of the molecule is C=C(C)C[C@H](Cl)CC[C@]12CC(O)C(O1)C1CC(O2)[C@H]2OC(CC(=O)OC)CC[C@@H]2O1. The summed E-state index contributed by atoms with van der Waals surface area (Å²) in [4.78, 5) is 11.7. The lowest BCUT2D eigenvalue weighted by Crippen LogP contribution is -2.58. The van der Waals surface area contributed by atoms with Gasteiger partial charge in [-0.05, 0) is 32.6 Å². The molecule has 4 saturated heterocycles. The molecular weight excluding hydrogens is 412 g/mol. The van der Waals surface area contributed by atoms with Crippen molar-refractivity contribution in [1.29, 1.82) is 0 Å². The van der Waals surface area contributed by atoms with Gasteiger partial charge in [0.2, 0.25) is 0 Å². The van der Waals surface area contributed by atoms with E-state index in [1.165, 1.54) is 7.11 Å². The molecule has 5 unspecified atom stereocenters. The number of halogens is 1. The lowest BCUT2D eigenvalue weighted by molar-refractivity contribution is -0.276. The van der Waals surface area contributed by atoms with E-state index in [-0.39, 0.29) is 48.3 Å². The molecule has 8 heteroatoms. The number of rotatable bonds is 7. The molecule has 4 fully saturated rings. The average Bonchev–Trinajstić information content (AvgIpc) is 2.95. The molecule has 30 heavy (non-hydrogen) atoms. The number of alkyl halides is 1. The standard InChI is InChI=1S/C22H33ClO7/c1-12(2)8-13(23)6-7-22-11-15(24)20(30-22)17-10-18(29-22)21-16(28-17)5-4-14(27-21)9-19(25)26-3/h13-18,20-21,24H,1,4-11H2,2-3H3/t13-,14?,15?,16+,17?,18?,20?,21+,22-/m1/s1. The first kappa shape index (κ1) is 22.5. The molecular formula is C22H33ClO7. The molecule has 0 spiro atoms. The molecule has 7 nitrogen and oxygen atoms in total. The molecule has 1 N–H and O–H groups in total. The Bertz CT molecular complexity index is 657. The molecule has 9 atom stereocenters. The van der Waals surface area contributed by atoms with Crippen molar-refractivity contribution >= 4 is 17.6 Å². The number of esters is 1. The highest BCUT2D eigenvalue weighted by Gasteiger charge is 2.59. The Morgan fingerprint density at radius 2 is 2.03 bits per heavy atom. The minimum absolute atomic E-state index is 0.0535. The normalized spacial score (nSPS) is 43.4. The maximum absolute atomic E-state index is 11.7. The summed E-state index contributed by atoms with van der Waals surface area (Å²) in [6.07, 6.45) is 2.72. The number of carbonyl (C=O) groups excluding carboxylic acids is 1. The van der Waals surface area contributed by atoms with Crippen molar-refractivity contribution in [2.45, 2.75) is 112 Å². The summed E-state index contributed by atoms with van der Waals surface area (Å²) in [5.74, 6) is -1.16. The van der Waals surface area contributed by atoms with Crippen LogP contribution in [0.25, 0.3) is 0 Å². The van der Waals surface area contributed by atoms with Gasteiger partial charge < -0.3 is 28.8 Å². The molecule has 4 bridgehead atoms. The molecule has 4 heterocycles. The van der Waals surface area contributed by atoms with Crippen LogP contribution in [0.1, 0.15) is 58.3 Å². The van der Waals surface area contributed by atoms with Crippen molar-refractivity contribution in [3.63, 3.8) is 0 Å². The van der Waals surface area contributed by atoms with Crippen LogP contribution in [-0.2, 0) is 28.5 Å². The van der Waals surface area contributed by atoms with E-state index in [2.05, 4.69) is 6.58 Å². The largest absolute Gasteiger partial charge is 0.469 e. The molecule has 0 aromatic carbocycles. The first-order chi connectivity index (χ1) is 14.3. The summed E-state index contributed by atoms with van der Waals surface area (Å²) in [6, 6.07) is 0. The lowest BCUT2D eigenvalue weighted by Gasteiger charge is -2.47. The van der Waals surface area contributed by atoms with Crippen LogP contribution in [0.3, 0.4) is 0 Å². The van der Waals surface area contributed by atoms with Crippen LogP contribution in [0.5, 0.6) is 0 Å². The van der Waals surface area contributed by atoms with E-state index < -0.39 is 18.0 Å². The fourth-order valence-electron chi connectivity index (χ4n) is 5.32. The molecule has 0 amide bonds. The van der Waals surface area contributed by atoms with Gasteiger partial charge in [0.05, 0.1) is 44.1 Å². The average molecular weight is 445 g/mol. The van der Waals surface area contributed by atoms with E-state index >= 15 is 0 Å². The third-order valence-electron chi connectivity index (χ3n) is 6.68. The first-order valence-electron chi connectivity index (χ1n) is 11.0. The maximum atomic E-state index is 11.7. The van der Waals surface area contributed by atoms with Crippen LogP contribution in [0.4, 0.5) is 0 Å². The van der Waals surface area contributed by atoms with Crippen molar-refractivity contribution < 1.29 is 33.6 Å². The van der Waals surface area contributed by atoms with E-state index in [0.29, 0.717) is 25.7 Å². The van der Waals surface area contributed by atoms with Gasteiger partial charge in [0, 0.05) is 24.6 Å². The second-order valence-corrected chi connectivity index (χ2v) is 9.86. The number of hydrogen-bond donors (Lipinski definition) is 1. The Labute approximate surface area is 183 Å². The summed E-state index contributed by atoms with van der Waals surface area (Å²) in [5.41, 5.74) is 1.04. The van der Waals surface area contributed by atoms with E-state index in [1.807, 2.05) is 6.92 Å². The zero-order valence-electron chi connectivity index (χ0n) is 17.8. The molecule has 4 aliphatic heterocycles. The van der Waals surface area contributed by atoms with Crippen molar-refractivity contribution in [3.8, 4) is 0 Å². The Balaban J connectivity index is 1.47. The van der Waals surface area contributed by atoms with Gasteiger partial charge in [-0.2, -0.15) is 0 Å². The van der Waals surface area contributed by atoms with Gasteiger partial charge in [0.15, 0.2) is 5.79 Å². The topological polar surface area (TPSA) is 83.5 Å². The molecule has 0 saturated carbocycles.